The number of halogens is 1. The number of alkyl halides is 1. The highest BCUT2D eigenvalue weighted by atomic mass is 79.9. The Morgan fingerprint density at radius 1 is 1.45 bits per heavy atom. The molecule has 4 heteroatoms. The predicted molar refractivity (Wildman–Crippen MR) is 83.1 cm³/mol. The Kier molecular flexibility index (Phi) is 5.46. The van der Waals surface area contributed by atoms with Crippen molar-refractivity contribution in [3.05, 3.63) is 23.3 Å². The van der Waals surface area contributed by atoms with Crippen LogP contribution in [0.2, 0.25) is 0 Å². The fourth-order valence-corrected chi connectivity index (χ4v) is 2.44. The number of aromatic hydroxyl groups is 1. The summed E-state index contributed by atoms with van der Waals surface area (Å²) in [6.45, 7) is 2.42. The Labute approximate surface area is 128 Å². The van der Waals surface area contributed by atoms with Gasteiger partial charge in [0.05, 0.1) is 12.2 Å². The molecule has 0 heterocycles. The number of hydrogen-bond acceptors (Lipinski definition) is 3. The van der Waals surface area contributed by atoms with Crippen molar-refractivity contribution in [3.8, 4) is 11.5 Å². The first kappa shape index (κ1) is 15.4. The molecular formula is C16H21BrO3. The van der Waals surface area contributed by atoms with Gasteiger partial charge in [-0.3, -0.25) is 4.79 Å². The van der Waals surface area contributed by atoms with Gasteiger partial charge in [0.1, 0.15) is 11.5 Å². The molecule has 3 nitrogen and oxygen atoms in total. The summed E-state index contributed by atoms with van der Waals surface area (Å²) >= 11 is 3.37. The summed E-state index contributed by atoms with van der Waals surface area (Å²) in [5, 5.41) is 11.3. The van der Waals surface area contributed by atoms with Gasteiger partial charge in [-0.25, -0.2) is 0 Å². The molecule has 0 spiro atoms. The van der Waals surface area contributed by atoms with Crippen molar-refractivity contribution in [1.29, 1.82) is 0 Å². The number of carbonyl (C=O) groups is 1. The van der Waals surface area contributed by atoms with Crippen LogP contribution in [-0.4, -0.2) is 22.8 Å². The average molecular weight is 341 g/mol. The van der Waals surface area contributed by atoms with Gasteiger partial charge in [-0.15, -0.1) is 0 Å². The van der Waals surface area contributed by atoms with Crippen LogP contribution in [0.4, 0.5) is 0 Å². The van der Waals surface area contributed by atoms with Crippen molar-refractivity contribution >= 4 is 21.7 Å². The second kappa shape index (κ2) is 7.11. The van der Waals surface area contributed by atoms with Crippen LogP contribution in [0.3, 0.4) is 0 Å². The molecule has 0 saturated heterocycles. The fraction of sp³-hybridized carbons (Fsp3) is 0.562. The van der Waals surface area contributed by atoms with E-state index in [0.717, 1.165) is 29.5 Å². The molecular weight excluding hydrogens is 320 g/mol. The van der Waals surface area contributed by atoms with Gasteiger partial charge in [-0.05, 0) is 43.7 Å². The summed E-state index contributed by atoms with van der Waals surface area (Å²) in [7, 11) is 0. The third kappa shape index (κ3) is 3.75. The fourth-order valence-electron chi connectivity index (χ4n) is 2.21. The van der Waals surface area contributed by atoms with E-state index in [2.05, 4.69) is 15.9 Å². The molecule has 1 N–H and O–H groups in total. The van der Waals surface area contributed by atoms with Crippen LogP contribution in [0, 0.1) is 5.92 Å². The number of ketones is 1. The standard InChI is InChI=1S/C16H21BrO3/c1-2-14(18)12-6-7-15(20-9-3-8-17)13(16(12)19)10-11-4-5-11/h6-7,11,19H,2-5,8-10H2,1H3. The first-order valence-electron chi connectivity index (χ1n) is 7.24. The smallest absolute Gasteiger partial charge is 0.166 e. The highest BCUT2D eigenvalue weighted by molar-refractivity contribution is 9.09. The summed E-state index contributed by atoms with van der Waals surface area (Å²) in [5.41, 5.74) is 1.23. The van der Waals surface area contributed by atoms with Crippen molar-refractivity contribution in [2.45, 2.75) is 39.0 Å². The molecule has 1 fully saturated rings. The summed E-state index contributed by atoms with van der Waals surface area (Å²) in [6, 6.07) is 3.51. The van der Waals surface area contributed by atoms with Gasteiger partial charge in [0.15, 0.2) is 5.78 Å². The Morgan fingerprint density at radius 3 is 2.80 bits per heavy atom. The molecule has 0 atom stereocenters. The zero-order chi connectivity index (χ0) is 14.5. The minimum atomic E-state index is -0.0217. The van der Waals surface area contributed by atoms with E-state index in [0.29, 0.717) is 24.5 Å². The maximum Gasteiger partial charge on any atom is 0.166 e. The van der Waals surface area contributed by atoms with E-state index in [-0.39, 0.29) is 11.5 Å². The number of Topliss-reactive ketones (excluding diaryl/α,β-unsaturated/α-hetero) is 1. The second-order valence-electron chi connectivity index (χ2n) is 5.25. The maximum atomic E-state index is 11.9. The maximum absolute atomic E-state index is 11.9. The third-order valence-corrected chi connectivity index (χ3v) is 4.15. The van der Waals surface area contributed by atoms with E-state index >= 15 is 0 Å². The Morgan fingerprint density at radius 2 is 2.20 bits per heavy atom. The van der Waals surface area contributed by atoms with Gasteiger partial charge in [0, 0.05) is 17.3 Å². The SMILES string of the molecule is CCC(=O)c1ccc(OCCCBr)c(CC2CC2)c1O. The first-order chi connectivity index (χ1) is 9.67. The summed E-state index contributed by atoms with van der Waals surface area (Å²) < 4.78 is 5.75. The largest absolute Gasteiger partial charge is 0.507 e. The number of benzene rings is 1. The zero-order valence-electron chi connectivity index (χ0n) is 11.8. The highest BCUT2D eigenvalue weighted by Crippen LogP contribution is 2.40. The van der Waals surface area contributed by atoms with Crippen LogP contribution < -0.4 is 4.74 Å². The van der Waals surface area contributed by atoms with E-state index < -0.39 is 0 Å². The van der Waals surface area contributed by atoms with Crippen LogP contribution in [0.5, 0.6) is 11.5 Å². The lowest BCUT2D eigenvalue weighted by molar-refractivity contribution is 0.0985. The summed E-state index contributed by atoms with van der Waals surface area (Å²) in [5.74, 6) is 1.46. The Bertz CT molecular complexity index is 481. The number of ether oxygens (including phenoxy) is 1. The molecule has 0 amide bonds. The van der Waals surface area contributed by atoms with Crippen molar-refractivity contribution in [3.63, 3.8) is 0 Å². The van der Waals surface area contributed by atoms with Crippen molar-refractivity contribution in [2.24, 2.45) is 5.92 Å². The lowest BCUT2D eigenvalue weighted by Gasteiger charge is -2.15. The monoisotopic (exact) mass is 340 g/mol. The van der Waals surface area contributed by atoms with E-state index in [4.69, 9.17) is 4.74 Å². The van der Waals surface area contributed by atoms with E-state index in [1.54, 1.807) is 6.07 Å². The highest BCUT2D eigenvalue weighted by Gasteiger charge is 2.26. The number of phenolic OH excluding ortho intramolecular Hbond substituents is 1. The molecule has 1 aromatic carbocycles. The average Bonchev–Trinajstić information content (AvgIpc) is 3.26. The van der Waals surface area contributed by atoms with Gasteiger partial charge >= 0.3 is 0 Å². The molecule has 1 aromatic rings. The first-order valence-corrected chi connectivity index (χ1v) is 8.36. The van der Waals surface area contributed by atoms with Crippen LogP contribution in [0.25, 0.3) is 0 Å². The van der Waals surface area contributed by atoms with Crippen LogP contribution in [-0.2, 0) is 6.42 Å². The molecule has 0 radical (unpaired) electrons. The Hall–Kier alpha value is -1.03. The topological polar surface area (TPSA) is 46.5 Å². The normalized spacial score (nSPS) is 14.3. The molecule has 20 heavy (non-hydrogen) atoms. The number of hydrogen-bond donors (Lipinski definition) is 1. The van der Waals surface area contributed by atoms with Crippen LogP contribution in [0.1, 0.15) is 48.5 Å². The molecule has 1 aliphatic carbocycles. The quantitative estimate of drug-likeness (QED) is 0.440. The van der Waals surface area contributed by atoms with E-state index in [1.807, 2.05) is 13.0 Å². The van der Waals surface area contributed by atoms with Crippen LogP contribution in [0.15, 0.2) is 12.1 Å². The molecule has 0 bridgehead atoms. The molecule has 1 saturated carbocycles. The molecule has 110 valence electrons. The van der Waals surface area contributed by atoms with Gasteiger partial charge in [0.2, 0.25) is 0 Å². The van der Waals surface area contributed by atoms with E-state index in [9.17, 15) is 9.90 Å². The van der Waals surface area contributed by atoms with Gasteiger partial charge in [-0.1, -0.05) is 22.9 Å². The Balaban J connectivity index is 2.25. The second-order valence-corrected chi connectivity index (χ2v) is 6.05. The van der Waals surface area contributed by atoms with E-state index in [1.165, 1.54) is 12.8 Å². The van der Waals surface area contributed by atoms with Crippen molar-refractivity contribution in [1.82, 2.24) is 0 Å². The van der Waals surface area contributed by atoms with Crippen molar-refractivity contribution in [2.75, 3.05) is 11.9 Å². The number of rotatable bonds is 8. The lowest BCUT2D eigenvalue weighted by Crippen LogP contribution is -2.05. The molecule has 0 aromatic heterocycles. The van der Waals surface area contributed by atoms with Crippen LogP contribution >= 0.6 is 15.9 Å². The van der Waals surface area contributed by atoms with Gasteiger partial charge in [0.25, 0.3) is 0 Å². The van der Waals surface area contributed by atoms with Crippen molar-refractivity contribution < 1.29 is 14.6 Å². The molecule has 0 unspecified atom stereocenters. The number of phenols is 1. The molecule has 2 rings (SSSR count). The van der Waals surface area contributed by atoms with Gasteiger partial charge in [-0.2, -0.15) is 0 Å². The molecule has 0 aliphatic heterocycles. The summed E-state index contributed by atoms with van der Waals surface area (Å²) in [4.78, 5) is 11.9. The molecule has 1 aliphatic rings. The predicted octanol–water partition coefficient (Wildman–Crippen LogP) is 4.10. The van der Waals surface area contributed by atoms with Gasteiger partial charge < -0.3 is 9.84 Å². The number of carbonyl (C=O) groups excluding carboxylic acids is 1. The lowest BCUT2D eigenvalue weighted by atomic mass is 9.99. The third-order valence-electron chi connectivity index (χ3n) is 3.59. The summed E-state index contributed by atoms with van der Waals surface area (Å²) in [6.07, 6.45) is 4.53. The zero-order valence-corrected chi connectivity index (χ0v) is 13.4. The minimum absolute atomic E-state index is 0.0217. The minimum Gasteiger partial charge on any atom is -0.507 e.